The van der Waals surface area contributed by atoms with E-state index in [0.717, 1.165) is 54.3 Å². The molecule has 1 N–H and O–H groups in total. The Morgan fingerprint density at radius 2 is 1.80 bits per heavy atom. The highest BCUT2D eigenvalue weighted by Crippen LogP contribution is 2.32. The lowest BCUT2D eigenvalue weighted by Gasteiger charge is -2.16. The monoisotopic (exact) mass is 345 g/mol. The summed E-state index contributed by atoms with van der Waals surface area (Å²) < 4.78 is 18.9. The summed E-state index contributed by atoms with van der Waals surface area (Å²) in [6.07, 6.45) is 5.04. The van der Waals surface area contributed by atoms with Crippen molar-refractivity contribution in [3.63, 3.8) is 0 Å². The number of nitrogens with zero attached hydrogens (tertiary/aromatic N) is 2. The number of hydrogen-bond acceptors (Lipinski definition) is 4. The molecule has 0 saturated carbocycles. The third-order valence-corrected chi connectivity index (χ3v) is 4.20. The van der Waals surface area contributed by atoms with Crippen molar-refractivity contribution < 1.29 is 9.13 Å². The summed E-state index contributed by atoms with van der Waals surface area (Å²) >= 11 is 0. The highest BCUT2D eigenvalue weighted by Gasteiger charge is 2.17. The molecule has 0 unspecified atom stereocenters. The Kier molecular flexibility index (Phi) is 7.16. The van der Waals surface area contributed by atoms with Crippen LogP contribution in [0.2, 0.25) is 0 Å². The van der Waals surface area contributed by atoms with Crippen LogP contribution in [0, 0.1) is 5.82 Å². The predicted octanol–water partition coefficient (Wildman–Crippen LogP) is 5.02. The Labute approximate surface area is 149 Å². The van der Waals surface area contributed by atoms with E-state index in [-0.39, 0.29) is 5.82 Å². The van der Waals surface area contributed by atoms with Crippen molar-refractivity contribution in [3.8, 4) is 17.0 Å². The van der Waals surface area contributed by atoms with Crippen LogP contribution in [-0.2, 0) is 12.8 Å². The van der Waals surface area contributed by atoms with Gasteiger partial charge in [0, 0.05) is 18.2 Å². The number of anilines is 1. The van der Waals surface area contributed by atoms with Crippen molar-refractivity contribution in [3.05, 3.63) is 35.4 Å². The Hall–Kier alpha value is -2.17. The maximum atomic E-state index is 13.5. The Morgan fingerprint density at radius 3 is 2.44 bits per heavy atom. The lowest BCUT2D eigenvalue weighted by atomic mass is 10.1. The lowest BCUT2D eigenvalue weighted by molar-refractivity contribution is 0.412. The quantitative estimate of drug-likeness (QED) is 0.648. The molecule has 1 aromatic heterocycles. The minimum Gasteiger partial charge on any atom is -0.496 e. The zero-order chi connectivity index (χ0) is 18.2. The molecule has 25 heavy (non-hydrogen) atoms. The second-order valence-corrected chi connectivity index (χ2v) is 6.00. The van der Waals surface area contributed by atoms with Crippen LogP contribution in [0.3, 0.4) is 0 Å². The molecule has 5 heteroatoms. The predicted molar refractivity (Wildman–Crippen MR) is 101 cm³/mol. The molecular formula is C20H28FN3O. The van der Waals surface area contributed by atoms with Gasteiger partial charge < -0.3 is 10.1 Å². The summed E-state index contributed by atoms with van der Waals surface area (Å²) in [5, 5.41) is 3.43. The molecule has 0 saturated heterocycles. The Morgan fingerprint density at radius 1 is 1.04 bits per heavy atom. The molecule has 1 aromatic carbocycles. The normalized spacial score (nSPS) is 10.8. The first-order chi connectivity index (χ1) is 12.1. The fourth-order valence-electron chi connectivity index (χ4n) is 2.80. The van der Waals surface area contributed by atoms with Crippen molar-refractivity contribution in [2.75, 3.05) is 19.0 Å². The molecule has 0 aliphatic carbocycles. The fraction of sp³-hybridized carbons (Fsp3) is 0.500. The Bertz CT molecular complexity index is 704. The van der Waals surface area contributed by atoms with E-state index in [2.05, 4.69) is 26.1 Å². The second-order valence-electron chi connectivity index (χ2n) is 6.00. The van der Waals surface area contributed by atoms with Gasteiger partial charge in [-0.15, -0.1) is 0 Å². The van der Waals surface area contributed by atoms with Gasteiger partial charge in [0.2, 0.25) is 0 Å². The number of halogens is 1. The van der Waals surface area contributed by atoms with Gasteiger partial charge >= 0.3 is 0 Å². The third kappa shape index (κ3) is 4.68. The summed E-state index contributed by atoms with van der Waals surface area (Å²) in [4.78, 5) is 9.65. The number of unbranched alkanes of at least 4 members (excludes halogenated alkanes) is 2. The van der Waals surface area contributed by atoms with Crippen molar-refractivity contribution in [2.45, 2.75) is 52.9 Å². The molecule has 0 bridgehead atoms. The van der Waals surface area contributed by atoms with Crippen LogP contribution >= 0.6 is 0 Å². The largest absolute Gasteiger partial charge is 0.496 e. The first kappa shape index (κ1) is 19.2. The van der Waals surface area contributed by atoms with Gasteiger partial charge in [-0.25, -0.2) is 14.4 Å². The van der Waals surface area contributed by atoms with Crippen LogP contribution in [0.5, 0.6) is 5.75 Å². The van der Waals surface area contributed by atoms with Crippen LogP contribution in [0.15, 0.2) is 18.2 Å². The van der Waals surface area contributed by atoms with E-state index in [4.69, 9.17) is 14.7 Å². The number of benzene rings is 1. The summed E-state index contributed by atoms with van der Waals surface area (Å²) in [5.74, 6) is 1.02. The first-order valence-corrected chi connectivity index (χ1v) is 9.12. The molecule has 0 aliphatic heterocycles. The topological polar surface area (TPSA) is 47.0 Å². The van der Waals surface area contributed by atoms with E-state index < -0.39 is 0 Å². The molecule has 1 heterocycles. The average Bonchev–Trinajstić information content (AvgIpc) is 2.64. The van der Waals surface area contributed by atoms with Crippen LogP contribution in [-0.4, -0.2) is 23.6 Å². The van der Waals surface area contributed by atoms with E-state index in [0.29, 0.717) is 5.75 Å². The summed E-state index contributed by atoms with van der Waals surface area (Å²) in [6.45, 7) is 7.21. The zero-order valence-electron chi connectivity index (χ0n) is 15.7. The van der Waals surface area contributed by atoms with Crippen molar-refractivity contribution >= 4 is 5.82 Å². The summed E-state index contributed by atoms with van der Waals surface area (Å²) in [7, 11) is 1.54. The van der Waals surface area contributed by atoms with Gasteiger partial charge in [-0.1, -0.05) is 33.6 Å². The molecule has 136 valence electrons. The Balaban J connectivity index is 2.42. The standard InChI is InChI=1S/C20H28FN3O/c1-5-8-9-12-22-20-17(7-3)23-19(16(6-2)24-20)15-11-10-14(21)13-18(15)25-4/h10-11,13H,5-9,12H2,1-4H3,(H,22,24). The van der Waals surface area contributed by atoms with Crippen LogP contribution in [0.1, 0.15) is 51.4 Å². The van der Waals surface area contributed by atoms with Crippen LogP contribution < -0.4 is 10.1 Å². The number of rotatable bonds is 9. The number of hydrogen-bond donors (Lipinski definition) is 1. The second kappa shape index (κ2) is 9.35. The first-order valence-electron chi connectivity index (χ1n) is 9.12. The zero-order valence-corrected chi connectivity index (χ0v) is 15.7. The van der Waals surface area contributed by atoms with Crippen molar-refractivity contribution in [2.24, 2.45) is 0 Å². The SMILES string of the molecule is CCCCCNc1nc(CC)c(-c2ccc(F)cc2OC)nc1CC. The third-order valence-electron chi connectivity index (χ3n) is 4.20. The van der Waals surface area contributed by atoms with E-state index in [1.807, 2.05) is 0 Å². The van der Waals surface area contributed by atoms with E-state index in [1.54, 1.807) is 13.2 Å². The minimum atomic E-state index is -0.323. The molecular weight excluding hydrogens is 317 g/mol. The maximum Gasteiger partial charge on any atom is 0.148 e. The molecule has 0 atom stereocenters. The maximum absolute atomic E-state index is 13.5. The van der Waals surface area contributed by atoms with Gasteiger partial charge in [0.25, 0.3) is 0 Å². The van der Waals surface area contributed by atoms with Gasteiger partial charge in [-0.3, -0.25) is 0 Å². The van der Waals surface area contributed by atoms with E-state index in [1.165, 1.54) is 25.0 Å². The van der Waals surface area contributed by atoms with Crippen molar-refractivity contribution in [1.82, 2.24) is 9.97 Å². The van der Waals surface area contributed by atoms with E-state index >= 15 is 0 Å². The number of aryl methyl sites for hydroxylation is 2. The van der Waals surface area contributed by atoms with Gasteiger partial charge in [-0.2, -0.15) is 0 Å². The molecule has 0 fully saturated rings. The molecule has 0 aliphatic rings. The highest BCUT2D eigenvalue weighted by atomic mass is 19.1. The summed E-state index contributed by atoms with van der Waals surface area (Å²) in [6, 6.07) is 4.53. The van der Waals surface area contributed by atoms with Gasteiger partial charge in [-0.05, 0) is 31.4 Å². The molecule has 2 rings (SSSR count). The molecule has 0 spiro atoms. The molecule has 2 aromatic rings. The lowest BCUT2D eigenvalue weighted by Crippen LogP contribution is -2.11. The summed E-state index contributed by atoms with van der Waals surface area (Å²) in [5.41, 5.74) is 3.37. The molecule has 4 nitrogen and oxygen atoms in total. The fourth-order valence-corrected chi connectivity index (χ4v) is 2.80. The number of methoxy groups -OCH3 is 1. The van der Waals surface area contributed by atoms with E-state index in [9.17, 15) is 4.39 Å². The highest BCUT2D eigenvalue weighted by molar-refractivity contribution is 5.70. The van der Waals surface area contributed by atoms with Gasteiger partial charge in [0.15, 0.2) is 0 Å². The van der Waals surface area contributed by atoms with Crippen LogP contribution in [0.4, 0.5) is 10.2 Å². The number of aromatic nitrogens is 2. The number of ether oxygens (including phenoxy) is 1. The minimum absolute atomic E-state index is 0.323. The van der Waals surface area contributed by atoms with Gasteiger partial charge in [0.05, 0.1) is 24.2 Å². The van der Waals surface area contributed by atoms with Crippen LogP contribution in [0.25, 0.3) is 11.3 Å². The molecule has 0 amide bonds. The smallest absolute Gasteiger partial charge is 0.148 e. The average molecular weight is 345 g/mol. The number of nitrogens with one attached hydrogen (secondary N) is 1. The van der Waals surface area contributed by atoms with Gasteiger partial charge in [0.1, 0.15) is 17.4 Å². The van der Waals surface area contributed by atoms with Crippen molar-refractivity contribution in [1.29, 1.82) is 0 Å². The molecule has 0 radical (unpaired) electrons.